The lowest BCUT2D eigenvalue weighted by Gasteiger charge is -2.23. The predicted octanol–water partition coefficient (Wildman–Crippen LogP) is 2.94. The molecule has 2 N–H and O–H groups in total. The van der Waals surface area contributed by atoms with Crippen molar-refractivity contribution in [1.29, 1.82) is 0 Å². The largest absolute Gasteiger partial charge is 0.346 e. The molecule has 3 atom stereocenters. The zero-order valence-corrected chi connectivity index (χ0v) is 13.5. The number of piperidine rings is 1. The van der Waals surface area contributed by atoms with Gasteiger partial charge in [-0.1, -0.05) is 23.7 Å². The lowest BCUT2D eigenvalue weighted by molar-refractivity contribution is 0.0928. The highest BCUT2D eigenvalue weighted by Crippen LogP contribution is 2.32. The Kier molecular flexibility index (Phi) is 3.64. The molecule has 1 aliphatic heterocycles. The number of hydrogen-bond acceptors (Lipinski definition) is 4. The van der Waals surface area contributed by atoms with Crippen LogP contribution in [0.15, 0.2) is 30.5 Å². The van der Waals surface area contributed by atoms with Crippen LogP contribution in [0.3, 0.4) is 0 Å². The highest BCUT2D eigenvalue weighted by atomic mass is 35.5. The Morgan fingerprint density at radius 2 is 2.32 bits per heavy atom. The molecule has 1 aromatic heterocycles. The first-order valence-corrected chi connectivity index (χ1v) is 8.64. The summed E-state index contributed by atoms with van der Waals surface area (Å²) < 4.78 is 0. The van der Waals surface area contributed by atoms with Gasteiger partial charge in [0.05, 0.1) is 4.88 Å². The number of amides is 1. The predicted molar refractivity (Wildman–Crippen MR) is 88.3 cm³/mol. The zero-order chi connectivity index (χ0) is 15.1. The lowest BCUT2D eigenvalue weighted by Crippen LogP contribution is -2.47. The Hall–Kier alpha value is -1.43. The third kappa shape index (κ3) is 2.64. The Bertz CT molecular complexity index is 717. The van der Waals surface area contributed by atoms with Crippen LogP contribution in [0, 0.1) is 5.92 Å². The number of carbonyl (C=O) groups is 1. The van der Waals surface area contributed by atoms with E-state index in [9.17, 15) is 4.79 Å². The molecule has 6 heteroatoms. The van der Waals surface area contributed by atoms with Crippen molar-refractivity contribution >= 4 is 28.8 Å². The van der Waals surface area contributed by atoms with E-state index in [1.54, 1.807) is 6.20 Å². The van der Waals surface area contributed by atoms with Crippen molar-refractivity contribution in [2.24, 2.45) is 5.92 Å². The van der Waals surface area contributed by atoms with Gasteiger partial charge in [0.25, 0.3) is 5.91 Å². The summed E-state index contributed by atoms with van der Waals surface area (Å²) in [6.45, 7) is 1.09. The van der Waals surface area contributed by atoms with Crippen LogP contribution >= 0.6 is 22.9 Å². The van der Waals surface area contributed by atoms with Gasteiger partial charge in [0.2, 0.25) is 0 Å². The first-order chi connectivity index (χ1) is 10.7. The van der Waals surface area contributed by atoms with Crippen LogP contribution < -0.4 is 10.6 Å². The van der Waals surface area contributed by atoms with E-state index in [4.69, 9.17) is 11.6 Å². The Labute approximate surface area is 137 Å². The normalized spacial score (nSPS) is 26.3. The summed E-state index contributed by atoms with van der Waals surface area (Å²) in [7, 11) is 0. The van der Waals surface area contributed by atoms with Crippen molar-refractivity contribution in [2.75, 3.05) is 6.54 Å². The highest BCUT2D eigenvalue weighted by molar-refractivity contribution is 7.17. The first-order valence-electron chi connectivity index (χ1n) is 7.45. The molecule has 2 bridgehead atoms. The third-order valence-corrected chi connectivity index (χ3v) is 5.73. The van der Waals surface area contributed by atoms with Gasteiger partial charge in [-0.15, -0.1) is 11.3 Å². The van der Waals surface area contributed by atoms with E-state index >= 15 is 0 Å². The van der Waals surface area contributed by atoms with Gasteiger partial charge < -0.3 is 10.6 Å². The fourth-order valence-electron chi connectivity index (χ4n) is 3.40. The molecule has 114 valence electrons. The molecular weight excluding hydrogens is 318 g/mol. The van der Waals surface area contributed by atoms with Crippen LogP contribution in [0.2, 0.25) is 5.02 Å². The van der Waals surface area contributed by atoms with Gasteiger partial charge in [0.1, 0.15) is 0 Å². The van der Waals surface area contributed by atoms with E-state index in [1.807, 2.05) is 24.3 Å². The van der Waals surface area contributed by atoms with Gasteiger partial charge in [-0.05, 0) is 43.0 Å². The second-order valence-corrected chi connectivity index (χ2v) is 7.44. The third-order valence-electron chi connectivity index (χ3n) is 4.45. The van der Waals surface area contributed by atoms with Crippen LogP contribution in [0.1, 0.15) is 22.6 Å². The van der Waals surface area contributed by atoms with Crippen LogP contribution in [-0.4, -0.2) is 29.5 Å². The number of nitrogens with one attached hydrogen (secondary N) is 2. The highest BCUT2D eigenvalue weighted by Gasteiger charge is 2.40. The number of rotatable bonds is 3. The van der Waals surface area contributed by atoms with Gasteiger partial charge in [-0.25, -0.2) is 4.98 Å². The van der Waals surface area contributed by atoms with Crippen molar-refractivity contribution in [3.63, 3.8) is 0 Å². The Morgan fingerprint density at radius 3 is 3.05 bits per heavy atom. The van der Waals surface area contributed by atoms with E-state index in [0.717, 1.165) is 23.4 Å². The van der Waals surface area contributed by atoms with Crippen molar-refractivity contribution in [1.82, 2.24) is 15.6 Å². The number of hydrogen-bond donors (Lipinski definition) is 2. The fourth-order valence-corrected chi connectivity index (χ4v) is 4.40. The molecule has 2 fully saturated rings. The molecule has 1 amide bonds. The molecule has 2 aliphatic rings. The van der Waals surface area contributed by atoms with Crippen LogP contribution in [-0.2, 0) is 0 Å². The van der Waals surface area contributed by atoms with Gasteiger partial charge in [0.15, 0.2) is 5.01 Å². The molecule has 3 unspecified atom stereocenters. The summed E-state index contributed by atoms with van der Waals surface area (Å²) in [6.07, 6.45) is 4.00. The molecule has 1 saturated heterocycles. The number of nitrogens with zero attached hydrogens (tertiary/aromatic N) is 1. The maximum absolute atomic E-state index is 12.4. The standard InChI is InChI=1S/C16H16ClN3OS/c17-11-3-1-2-10(6-11)14-8-19-16(22-14)15(21)20-13-5-9-4-12(13)18-7-9/h1-3,6,8-9,12-13,18H,4-5,7H2,(H,20,21). The van der Waals surface area contributed by atoms with Crippen molar-refractivity contribution < 1.29 is 4.79 Å². The quantitative estimate of drug-likeness (QED) is 0.908. The molecule has 0 radical (unpaired) electrons. The SMILES string of the molecule is O=C(NC1CC2CNC1C2)c1ncc(-c2cccc(Cl)c2)s1. The molecule has 4 nitrogen and oxygen atoms in total. The van der Waals surface area contributed by atoms with Crippen LogP contribution in [0.4, 0.5) is 0 Å². The first kappa shape index (κ1) is 14.2. The summed E-state index contributed by atoms with van der Waals surface area (Å²) in [6, 6.07) is 8.27. The number of halogens is 1. The van der Waals surface area contributed by atoms with Gasteiger partial charge in [-0.2, -0.15) is 0 Å². The molecule has 1 aromatic carbocycles. The number of carbonyl (C=O) groups excluding carboxylic acids is 1. The monoisotopic (exact) mass is 333 g/mol. The van der Waals surface area contributed by atoms with E-state index in [1.165, 1.54) is 17.8 Å². The van der Waals surface area contributed by atoms with Gasteiger partial charge >= 0.3 is 0 Å². The van der Waals surface area contributed by atoms with Gasteiger partial charge in [0, 0.05) is 23.3 Å². The van der Waals surface area contributed by atoms with E-state index in [2.05, 4.69) is 15.6 Å². The maximum Gasteiger partial charge on any atom is 0.280 e. The lowest BCUT2D eigenvalue weighted by atomic mass is 10.1. The Balaban J connectivity index is 1.48. The van der Waals surface area contributed by atoms with Crippen molar-refractivity contribution in [3.8, 4) is 10.4 Å². The summed E-state index contributed by atoms with van der Waals surface area (Å²) in [4.78, 5) is 17.6. The number of aromatic nitrogens is 1. The molecule has 22 heavy (non-hydrogen) atoms. The molecule has 4 rings (SSSR count). The zero-order valence-electron chi connectivity index (χ0n) is 11.9. The summed E-state index contributed by atoms with van der Waals surface area (Å²) >= 11 is 7.42. The van der Waals surface area contributed by atoms with E-state index < -0.39 is 0 Å². The Morgan fingerprint density at radius 1 is 1.41 bits per heavy atom. The topological polar surface area (TPSA) is 54.0 Å². The van der Waals surface area contributed by atoms with E-state index in [-0.39, 0.29) is 11.9 Å². The average Bonchev–Trinajstić information content (AvgIpc) is 3.23. The van der Waals surface area contributed by atoms with Crippen molar-refractivity contribution in [2.45, 2.75) is 24.9 Å². The minimum absolute atomic E-state index is 0.0716. The summed E-state index contributed by atoms with van der Waals surface area (Å²) in [5, 5.41) is 7.77. The van der Waals surface area contributed by atoms with Crippen LogP contribution in [0.25, 0.3) is 10.4 Å². The van der Waals surface area contributed by atoms with Gasteiger partial charge in [-0.3, -0.25) is 4.79 Å². The average molecular weight is 334 g/mol. The molecule has 1 aliphatic carbocycles. The number of fused-ring (bicyclic) bond motifs is 2. The number of benzene rings is 1. The molecule has 2 aromatic rings. The minimum Gasteiger partial charge on any atom is -0.346 e. The molecular formula is C16H16ClN3OS. The second kappa shape index (κ2) is 5.65. The summed E-state index contributed by atoms with van der Waals surface area (Å²) in [5.41, 5.74) is 0.991. The maximum atomic E-state index is 12.4. The molecule has 0 spiro atoms. The van der Waals surface area contributed by atoms with Crippen molar-refractivity contribution in [3.05, 3.63) is 40.5 Å². The van der Waals surface area contributed by atoms with E-state index in [0.29, 0.717) is 22.0 Å². The van der Waals surface area contributed by atoms with Crippen LogP contribution in [0.5, 0.6) is 0 Å². The summed E-state index contributed by atoms with van der Waals surface area (Å²) in [5.74, 6) is 0.645. The molecule has 1 saturated carbocycles. The fraction of sp³-hybridized carbons (Fsp3) is 0.375. The number of thiazole rings is 1. The smallest absolute Gasteiger partial charge is 0.280 e. The minimum atomic E-state index is -0.0716. The second-order valence-electron chi connectivity index (χ2n) is 5.97. The molecule has 2 heterocycles.